The summed E-state index contributed by atoms with van der Waals surface area (Å²) < 4.78 is 1.89. The van der Waals surface area contributed by atoms with E-state index < -0.39 is 0 Å². The van der Waals surface area contributed by atoms with Gasteiger partial charge in [-0.15, -0.1) is 0 Å². The number of aromatic nitrogens is 4. The van der Waals surface area contributed by atoms with Gasteiger partial charge in [0.2, 0.25) is 0 Å². The lowest BCUT2D eigenvalue weighted by molar-refractivity contribution is 0.0787. The highest BCUT2D eigenvalue weighted by Crippen LogP contribution is 2.26. The van der Waals surface area contributed by atoms with Gasteiger partial charge >= 0.3 is 0 Å². The van der Waals surface area contributed by atoms with E-state index in [2.05, 4.69) is 23.9 Å². The number of nitrogens with zero attached hydrogens (tertiary/aromatic N) is 5. The van der Waals surface area contributed by atoms with Crippen LogP contribution in [-0.4, -0.2) is 37.6 Å². The Bertz CT molecular complexity index is 1210. The largest absolute Gasteiger partial charge is 0.337 e. The van der Waals surface area contributed by atoms with Gasteiger partial charge in [0.15, 0.2) is 0 Å². The van der Waals surface area contributed by atoms with Crippen molar-refractivity contribution in [3.8, 4) is 11.3 Å². The third kappa shape index (κ3) is 3.94. The summed E-state index contributed by atoms with van der Waals surface area (Å²) >= 11 is 0. The minimum Gasteiger partial charge on any atom is -0.337 e. The van der Waals surface area contributed by atoms with Gasteiger partial charge < -0.3 is 4.90 Å². The first-order valence-electron chi connectivity index (χ1n) is 10.0. The number of carbonyl (C=O) groups is 1. The van der Waals surface area contributed by atoms with Crippen molar-refractivity contribution in [1.82, 2.24) is 24.6 Å². The average molecular weight is 399 g/mol. The molecule has 0 fully saturated rings. The lowest BCUT2D eigenvalue weighted by atomic mass is 10.0. The molecule has 0 saturated heterocycles. The Labute approximate surface area is 176 Å². The molecule has 0 atom stereocenters. The fraction of sp³-hybridized carbons (Fsp3) is 0.250. The Morgan fingerprint density at radius 1 is 1.17 bits per heavy atom. The molecule has 0 radical (unpaired) electrons. The van der Waals surface area contributed by atoms with Crippen LogP contribution in [0.15, 0.2) is 61.1 Å². The van der Waals surface area contributed by atoms with Crippen molar-refractivity contribution in [1.29, 1.82) is 0 Å². The van der Waals surface area contributed by atoms with E-state index in [0.717, 1.165) is 33.4 Å². The second kappa shape index (κ2) is 8.06. The average Bonchev–Trinajstić information content (AvgIpc) is 3.23. The van der Waals surface area contributed by atoms with Gasteiger partial charge in [-0.25, -0.2) is 4.98 Å². The standard InChI is InChI=1S/C24H25N5O/c1-16(2)29-15-19(13-26-29)23-12-21(20-7-5-6-8-22(20)27-23)24(30)28(4)14-18-9-10-25-17(3)11-18/h5-13,15-16H,14H2,1-4H3. The summed E-state index contributed by atoms with van der Waals surface area (Å²) in [7, 11) is 1.82. The molecule has 6 heteroatoms. The van der Waals surface area contributed by atoms with Crippen molar-refractivity contribution >= 4 is 16.8 Å². The number of hydrogen-bond donors (Lipinski definition) is 0. The summed E-state index contributed by atoms with van der Waals surface area (Å²) in [4.78, 5) is 24.2. The highest BCUT2D eigenvalue weighted by Gasteiger charge is 2.18. The molecule has 0 saturated carbocycles. The SMILES string of the molecule is Cc1cc(CN(C)C(=O)c2cc(-c3cnn(C(C)C)c3)nc3ccccc23)ccn1. The molecule has 0 bridgehead atoms. The molecule has 6 nitrogen and oxygen atoms in total. The van der Waals surface area contributed by atoms with Crippen LogP contribution in [0.5, 0.6) is 0 Å². The molecule has 4 rings (SSSR count). The second-order valence-electron chi connectivity index (χ2n) is 7.84. The van der Waals surface area contributed by atoms with Crippen molar-refractivity contribution in [2.45, 2.75) is 33.4 Å². The molecule has 1 aromatic carbocycles. The number of aryl methyl sites for hydroxylation is 1. The number of benzene rings is 1. The summed E-state index contributed by atoms with van der Waals surface area (Å²) in [6, 6.07) is 13.8. The zero-order valence-corrected chi connectivity index (χ0v) is 17.7. The van der Waals surface area contributed by atoms with Crippen LogP contribution in [0.25, 0.3) is 22.2 Å². The summed E-state index contributed by atoms with van der Waals surface area (Å²) in [6.45, 7) is 6.62. The number of carbonyl (C=O) groups excluding carboxylic acids is 1. The smallest absolute Gasteiger partial charge is 0.254 e. The topological polar surface area (TPSA) is 63.9 Å². The molecule has 3 aromatic heterocycles. The number of pyridine rings is 2. The first kappa shape index (κ1) is 19.8. The van der Waals surface area contributed by atoms with E-state index in [0.29, 0.717) is 12.1 Å². The van der Waals surface area contributed by atoms with Crippen LogP contribution in [0, 0.1) is 6.92 Å². The van der Waals surface area contributed by atoms with Gasteiger partial charge in [0.1, 0.15) is 0 Å². The minimum absolute atomic E-state index is 0.0411. The lowest BCUT2D eigenvalue weighted by Crippen LogP contribution is -2.26. The minimum atomic E-state index is -0.0411. The maximum Gasteiger partial charge on any atom is 0.254 e. The summed E-state index contributed by atoms with van der Waals surface area (Å²) in [5.74, 6) is -0.0411. The Balaban J connectivity index is 1.73. The number of fused-ring (bicyclic) bond motifs is 1. The Hall–Kier alpha value is -3.54. The number of rotatable bonds is 5. The van der Waals surface area contributed by atoms with Crippen molar-refractivity contribution < 1.29 is 4.79 Å². The molecule has 0 unspecified atom stereocenters. The molecular formula is C24H25N5O. The maximum atomic E-state index is 13.4. The van der Waals surface area contributed by atoms with E-state index >= 15 is 0 Å². The first-order valence-corrected chi connectivity index (χ1v) is 10.0. The Kier molecular flexibility index (Phi) is 5.31. The van der Waals surface area contributed by atoms with Gasteiger partial charge in [-0.1, -0.05) is 18.2 Å². The van der Waals surface area contributed by atoms with E-state index in [1.807, 2.05) is 67.3 Å². The number of para-hydroxylation sites is 1. The molecule has 3 heterocycles. The van der Waals surface area contributed by atoms with Crippen molar-refractivity contribution in [3.05, 3.63) is 77.9 Å². The Morgan fingerprint density at radius 2 is 1.97 bits per heavy atom. The molecule has 0 aliphatic rings. The molecule has 0 aliphatic heterocycles. The molecule has 4 aromatic rings. The van der Waals surface area contributed by atoms with Gasteiger partial charge in [-0.3, -0.25) is 14.5 Å². The third-order valence-electron chi connectivity index (χ3n) is 5.10. The van der Waals surface area contributed by atoms with Crippen LogP contribution in [0.2, 0.25) is 0 Å². The second-order valence-corrected chi connectivity index (χ2v) is 7.84. The quantitative estimate of drug-likeness (QED) is 0.490. The van der Waals surface area contributed by atoms with Crippen molar-refractivity contribution in [3.63, 3.8) is 0 Å². The molecule has 1 amide bonds. The van der Waals surface area contributed by atoms with Gasteiger partial charge in [-0.2, -0.15) is 5.10 Å². The van der Waals surface area contributed by atoms with Gasteiger partial charge in [-0.05, 0) is 50.6 Å². The maximum absolute atomic E-state index is 13.4. The molecule has 0 spiro atoms. The monoisotopic (exact) mass is 399 g/mol. The van der Waals surface area contributed by atoms with E-state index in [1.165, 1.54) is 0 Å². The lowest BCUT2D eigenvalue weighted by Gasteiger charge is -2.19. The van der Waals surface area contributed by atoms with Crippen LogP contribution >= 0.6 is 0 Å². The molecule has 152 valence electrons. The molecular weight excluding hydrogens is 374 g/mol. The first-order chi connectivity index (χ1) is 14.4. The predicted molar refractivity (Wildman–Crippen MR) is 118 cm³/mol. The highest BCUT2D eigenvalue weighted by atomic mass is 16.2. The number of hydrogen-bond acceptors (Lipinski definition) is 4. The summed E-state index contributed by atoms with van der Waals surface area (Å²) in [5.41, 5.74) is 5.07. The van der Waals surface area contributed by atoms with Crippen LogP contribution < -0.4 is 0 Å². The molecule has 0 aliphatic carbocycles. The van der Waals surface area contributed by atoms with Gasteiger partial charge in [0, 0.05) is 48.7 Å². The fourth-order valence-electron chi connectivity index (χ4n) is 3.51. The molecule has 30 heavy (non-hydrogen) atoms. The van der Waals surface area contributed by atoms with Crippen LogP contribution in [0.3, 0.4) is 0 Å². The van der Waals surface area contributed by atoms with Crippen LogP contribution in [0.1, 0.15) is 41.5 Å². The zero-order chi connectivity index (χ0) is 21.3. The fourth-order valence-corrected chi connectivity index (χ4v) is 3.51. The Morgan fingerprint density at radius 3 is 2.70 bits per heavy atom. The normalized spacial score (nSPS) is 11.2. The van der Waals surface area contributed by atoms with Gasteiger partial charge in [0.05, 0.1) is 23.0 Å². The zero-order valence-electron chi connectivity index (χ0n) is 17.7. The summed E-state index contributed by atoms with van der Waals surface area (Å²) in [5, 5.41) is 5.27. The number of amides is 1. The van der Waals surface area contributed by atoms with Crippen molar-refractivity contribution in [2.24, 2.45) is 0 Å². The van der Waals surface area contributed by atoms with Gasteiger partial charge in [0.25, 0.3) is 5.91 Å². The summed E-state index contributed by atoms with van der Waals surface area (Å²) in [6.07, 6.45) is 5.55. The van der Waals surface area contributed by atoms with E-state index in [9.17, 15) is 4.79 Å². The van der Waals surface area contributed by atoms with Crippen LogP contribution in [0.4, 0.5) is 0 Å². The van der Waals surface area contributed by atoms with E-state index in [-0.39, 0.29) is 11.9 Å². The highest BCUT2D eigenvalue weighted by molar-refractivity contribution is 6.07. The predicted octanol–water partition coefficient (Wildman–Crippen LogP) is 4.65. The molecule has 0 N–H and O–H groups in total. The third-order valence-corrected chi connectivity index (χ3v) is 5.10. The van der Waals surface area contributed by atoms with E-state index in [1.54, 1.807) is 17.3 Å². The van der Waals surface area contributed by atoms with E-state index in [4.69, 9.17) is 4.98 Å². The van der Waals surface area contributed by atoms with Crippen LogP contribution in [-0.2, 0) is 6.54 Å². The van der Waals surface area contributed by atoms with Crippen molar-refractivity contribution in [2.75, 3.05) is 7.05 Å².